The zero-order valence-corrected chi connectivity index (χ0v) is 7.48. The van der Waals surface area contributed by atoms with Gasteiger partial charge in [0.2, 0.25) is 6.29 Å². The number of hydrogen-bond acceptors (Lipinski definition) is 6. The molecule has 0 radical (unpaired) electrons. The monoisotopic (exact) mass is 206 g/mol. The van der Waals surface area contributed by atoms with Crippen molar-refractivity contribution in [2.45, 2.75) is 30.7 Å². The van der Waals surface area contributed by atoms with Crippen LogP contribution >= 0.6 is 0 Å². The summed E-state index contributed by atoms with van der Waals surface area (Å²) in [5, 5.41) is 36.8. The van der Waals surface area contributed by atoms with Gasteiger partial charge in [-0.15, -0.1) is 0 Å². The third-order valence-corrected chi connectivity index (χ3v) is 2.08. The third-order valence-electron chi connectivity index (χ3n) is 2.08. The number of hydrogen-bond donors (Lipinski definition) is 4. The molecule has 1 fully saturated rings. The Balaban J connectivity index is 2.67. The van der Waals surface area contributed by atoms with Crippen molar-refractivity contribution in [2.75, 3.05) is 6.61 Å². The maximum atomic E-state index is 9.36. The van der Waals surface area contributed by atoms with E-state index in [0.717, 1.165) is 6.26 Å². The molecule has 82 valence electrons. The fourth-order valence-corrected chi connectivity index (χ4v) is 1.27. The molecule has 1 aliphatic rings. The molecule has 6 heteroatoms. The second-order valence-electron chi connectivity index (χ2n) is 3.00. The molecule has 0 amide bonds. The first-order valence-electron chi connectivity index (χ1n) is 4.18. The second-order valence-corrected chi connectivity index (χ2v) is 3.00. The average Bonchev–Trinajstić information content (AvgIpc) is 2.19. The summed E-state index contributed by atoms with van der Waals surface area (Å²) in [7, 11) is 0. The van der Waals surface area contributed by atoms with Crippen LogP contribution in [0, 0.1) is 0 Å². The molecule has 1 aliphatic heterocycles. The van der Waals surface area contributed by atoms with Gasteiger partial charge in [-0.05, 0) is 0 Å². The van der Waals surface area contributed by atoms with Crippen LogP contribution in [0.3, 0.4) is 0 Å². The molecule has 1 rings (SSSR count). The van der Waals surface area contributed by atoms with Gasteiger partial charge in [0, 0.05) is 0 Å². The van der Waals surface area contributed by atoms with E-state index < -0.39 is 37.3 Å². The van der Waals surface area contributed by atoms with Crippen molar-refractivity contribution in [3.8, 4) is 0 Å². The highest BCUT2D eigenvalue weighted by Crippen LogP contribution is 2.21. The normalized spacial score (nSPS) is 43.3. The van der Waals surface area contributed by atoms with E-state index in [1.165, 1.54) is 0 Å². The summed E-state index contributed by atoms with van der Waals surface area (Å²) >= 11 is 0. The summed E-state index contributed by atoms with van der Waals surface area (Å²) in [6.07, 6.45) is -5.16. The Hall–Kier alpha value is -0.660. The number of ether oxygens (including phenoxy) is 2. The van der Waals surface area contributed by atoms with Gasteiger partial charge in [-0.2, -0.15) is 0 Å². The molecule has 0 aliphatic carbocycles. The van der Waals surface area contributed by atoms with E-state index in [1.807, 2.05) is 0 Å². The summed E-state index contributed by atoms with van der Waals surface area (Å²) in [5.74, 6) is 0. The zero-order valence-electron chi connectivity index (χ0n) is 7.48. The smallest absolute Gasteiger partial charge is 0.228 e. The Morgan fingerprint density at radius 3 is 2.36 bits per heavy atom. The van der Waals surface area contributed by atoms with E-state index in [0.29, 0.717) is 0 Å². The van der Waals surface area contributed by atoms with E-state index in [-0.39, 0.29) is 0 Å². The molecule has 5 atom stereocenters. The van der Waals surface area contributed by atoms with E-state index in [2.05, 4.69) is 6.58 Å². The molecule has 0 spiro atoms. The first-order chi connectivity index (χ1) is 6.61. The Morgan fingerprint density at radius 2 is 1.86 bits per heavy atom. The zero-order chi connectivity index (χ0) is 10.7. The first kappa shape index (κ1) is 11.4. The Kier molecular flexibility index (Phi) is 3.85. The van der Waals surface area contributed by atoms with Gasteiger partial charge in [-0.25, -0.2) is 0 Å². The van der Waals surface area contributed by atoms with E-state index in [4.69, 9.17) is 14.6 Å². The predicted octanol–water partition coefficient (Wildman–Crippen LogP) is -2.05. The average molecular weight is 206 g/mol. The summed E-state index contributed by atoms with van der Waals surface area (Å²) < 4.78 is 9.72. The van der Waals surface area contributed by atoms with Crippen LogP contribution < -0.4 is 0 Å². The quantitative estimate of drug-likeness (QED) is 0.396. The van der Waals surface area contributed by atoms with Crippen LogP contribution in [0.4, 0.5) is 0 Å². The van der Waals surface area contributed by atoms with Crippen LogP contribution in [-0.4, -0.2) is 57.7 Å². The van der Waals surface area contributed by atoms with Gasteiger partial charge in [0.15, 0.2) is 0 Å². The highest BCUT2D eigenvalue weighted by Gasteiger charge is 2.44. The van der Waals surface area contributed by atoms with Crippen molar-refractivity contribution in [3.05, 3.63) is 12.8 Å². The third kappa shape index (κ3) is 2.05. The summed E-state index contributed by atoms with van der Waals surface area (Å²) in [6, 6.07) is 0. The van der Waals surface area contributed by atoms with Gasteiger partial charge in [0.25, 0.3) is 0 Å². The van der Waals surface area contributed by atoms with E-state index >= 15 is 0 Å². The van der Waals surface area contributed by atoms with Crippen molar-refractivity contribution in [3.63, 3.8) is 0 Å². The van der Waals surface area contributed by atoms with Crippen molar-refractivity contribution < 1.29 is 29.9 Å². The highest BCUT2D eigenvalue weighted by molar-refractivity contribution is 4.89. The fraction of sp³-hybridized carbons (Fsp3) is 0.750. The van der Waals surface area contributed by atoms with Crippen LogP contribution in [0.25, 0.3) is 0 Å². The van der Waals surface area contributed by atoms with E-state index in [1.54, 1.807) is 0 Å². The maximum absolute atomic E-state index is 9.36. The largest absolute Gasteiger partial charge is 0.470 e. The number of aliphatic hydroxyl groups excluding tert-OH is 4. The molecular weight excluding hydrogens is 192 g/mol. The van der Waals surface area contributed by atoms with Crippen LogP contribution in [-0.2, 0) is 9.47 Å². The van der Waals surface area contributed by atoms with Gasteiger partial charge < -0.3 is 29.9 Å². The molecule has 1 saturated heterocycles. The molecule has 1 heterocycles. The minimum Gasteiger partial charge on any atom is -0.470 e. The molecule has 0 saturated carbocycles. The lowest BCUT2D eigenvalue weighted by molar-refractivity contribution is -0.287. The van der Waals surface area contributed by atoms with Crippen LogP contribution in [0.5, 0.6) is 0 Å². The van der Waals surface area contributed by atoms with Crippen LogP contribution in [0.15, 0.2) is 12.8 Å². The van der Waals surface area contributed by atoms with Crippen LogP contribution in [0.2, 0.25) is 0 Å². The predicted molar refractivity (Wildman–Crippen MR) is 45.0 cm³/mol. The summed E-state index contributed by atoms with van der Waals surface area (Å²) in [4.78, 5) is 0. The first-order valence-corrected chi connectivity index (χ1v) is 4.18. The minimum atomic E-state index is -1.41. The van der Waals surface area contributed by atoms with Gasteiger partial charge in [0.05, 0.1) is 12.9 Å². The van der Waals surface area contributed by atoms with Gasteiger partial charge >= 0.3 is 0 Å². The molecule has 0 bridgehead atoms. The topological polar surface area (TPSA) is 99.4 Å². The van der Waals surface area contributed by atoms with Crippen LogP contribution in [0.1, 0.15) is 0 Å². The van der Waals surface area contributed by atoms with E-state index in [9.17, 15) is 15.3 Å². The number of aliphatic hydroxyl groups is 4. The second kappa shape index (κ2) is 4.72. The number of rotatable bonds is 3. The Labute approximate surface area is 81.0 Å². The molecule has 0 aromatic heterocycles. The van der Waals surface area contributed by atoms with Crippen molar-refractivity contribution in [2.24, 2.45) is 0 Å². The summed E-state index contributed by atoms with van der Waals surface area (Å²) in [5.41, 5.74) is 0. The van der Waals surface area contributed by atoms with Gasteiger partial charge in [-0.1, -0.05) is 6.58 Å². The lowest BCUT2D eigenvalue weighted by atomic mass is 9.99. The van der Waals surface area contributed by atoms with Crippen molar-refractivity contribution in [1.82, 2.24) is 0 Å². The standard InChI is InChI=1S/C8H14O6/c1-2-13-8-7(12)6(11)5(10)4(3-9)14-8/h2,4-12H,1,3H2/t4-,5+,6+,7-,8-/m1/s1. The molecule has 4 N–H and O–H groups in total. The molecular formula is C8H14O6. The molecule has 0 aromatic rings. The summed E-state index contributed by atoms with van der Waals surface area (Å²) in [6.45, 7) is 2.79. The molecule has 0 unspecified atom stereocenters. The lowest BCUT2D eigenvalue weighted by Gasteiger charge is -2.38. The molecule has 6 nitrogen and oxygen atoms in total. The SMILES string of the molecule is C=CO[C@@H]1O[C@H](CO)[C@H](O)[C@H](O)[C@H]1O. The van der Waals surface area contributed by atoms with Gasteiger partial charge in [0.1, 0.15) is 24.4 Å². The molecule has 0 aromatic carbocycles. The minimum absolute atomic E-state index is 0.470. The lowest BCUT2D eigenvalue weighted by Crippen LogP contribution is -2.58. The maximum Gasteiger partial charge on any atom is 0.228 e. The fourth-order valence-electron chi connectivity index (χ4n) is 1.27. The Morgan fingerprint density at radius 1 is 1.21 bits per heavy atom. The van der Waals surface area contributed by atoms with Crippen molar-refractivity contribution >= 4 is 0 Å². The molecule has 14 heavy (non-hydrogen) atoms. The Bertz CT molecular complexity index is 194. The highest BCUT2D eigenvalue weighted by atomic mass is 16.7. The van der Waals surface area contributed by atoms with Crippen molar-refractivity contribution in [1.29, 1.82) is 0 Å². The van der Waals surface area contributed by atoms with Gasteiger partial charge in [-0.3, -0.25) is 0 Å².